The number of aromatic nitrogens is 1. The number of imide groups is 1. The van der Waals surface area contributed by atoms with E-state index in [1.807, 2.05) is 0 Å². The van der Waals surface area contributed by atoms with E-state index in [1.165, 1.54) is 22.7 Å². The van der Waals surface area contributed by atoms with Gasteiger partial charge in [-0.1, -0.05) is 30.6 Å². The smallest absolute Gasteiger partial charge is 0.236 e. The summed E-state index contributed by atoms with van der Waals surface area (Å²) in [6, 6.07) is 0. The van der Waals surface area contributed by atoms with E-state index < -0.39 is 0 Å². The van der Waals surface area contributed by atoms with Crippen LogP contribution in [0.15, 0.2) is 9.98 Å². The molecule has 0 bridgehead atoms. The van der Waals surface area contributed by atoms with Gasteiger partial charge in [0.1, 0.15) is 0 Å². The maximum atomic E-state index is 12.3. The number of hydrogen-bond acceptors (Lipinski definition) is 4. The summed E-state index contributed by atoms with van der Waals surface area (Å²) >= 11 is 4.64. The number of carbonyl (C=O) groups excluding carboxylic acids is 2. The lowest BCUT2D eigenvalue weighted by Gasteiger charge is -2.41. The molecule has 1 saturated heterocycles. The summed E-state index contributed by atoms with van der Waals surface area (Å²) in [6.07, 6.45) is 8.16. The predicted molar refractivity (Wildman–Crippen MR) is 77.1 cm³/mol. The Kier molecular flexibility index (Phi) is 3.47. The summed E-state index contributed by atoms with van der Waals surface area (Å²) in [5.41, 5.74) is -0.0581. The number of hydrogen-bond donors (Lipinski definition) is 0. The van der Waals surface area contributed by atoms with Crippen molar-refractivity contribution in [3.8, 4) is 0 Å². The van der Waals surface area contributed by atoms with E-state index >= 15 is 0 Å². The van der Waals surface area contributed by atoms with Crippen molar-refractivity contribution < 1.29 is 9.59 Å². The number of anilines is 1. The first-order valence-corrected chi connectivity index (χ1v) is 8.18. The minimum absolute atomic E-state index is 0.0581. The van der Waals surface area contributed by atoms with Gasteiger partial charge in [-0.05, 0) is 34.2 Å². The molecule has 1 aromatic rings. The average Bonchev–Trinajstić information content (AvgIpc) is 2.75. The van der Waals surface area contributed by atoms with Crippen molar-refractivity contribution in [2.75, 3.05) is 4.90 Å². The molecule has 2 aliphatic rings. The van der Waals surface area contributed by atoms with E-state index in [0.29, 0.717) is 18.0 Å². The monoisotopic (exact) mass is 342 g/mol. The number of thiazole rings is 1. The molecular formula is C13H15BrN2O2S. The third-order valence-electron chi connectivity index (χ3n) is 4.12. The van der Waals surface area contributed by atoms with E-state index in [2.05, 4.69) is 20.9 Å². The predicted octanol–water partition coefficient (Wildman–Crippen LogP) is 3.51. The van der Waals surface area contributed by atoms with Crippen molar-refractivity contribution in [3.63, 3.8) is 0 Å². The summed E-state index contributed by atoms with van der Waals surface area (Å²) < 4.78 is 0.834. The first kappa shape index (κ1) is 13.2. The zero-order valence-electron chi connectivity index (χ0n) is 10.5. The van der Waals surface area contributed by atoms with Gasteiger partial charge in [-0.3, -0.25) is 9.59 Å². The number of amides is 2. The molecule has 2 heterocycles. The van der Waals surface area contributed by atoms with Gasteiger partial charge >= 0.3 is 0 Å². The Bertz CT molecular complexity index is 502. The molecule has 1 aliphatic heterocycles. The third-order valence-corrected chi connectivity index (χ3v) is 5.58. The van der Waals surface area contributed by atoms with Gasteiger partial charge in [-0.25, -0.2) is 9.88 Å². The van der Waals surface area contributed by atoms with Crippen molar-refractivity contribution in [3.05, 3.63) is 9.98 Å². The van der Waals surface area contributed by atoms with Gasteiger partial charge in [-0.2, -0.15) is 0 Å². The highest BCUT2D eigenvalue weighted by atomic mass is 79.9. The van der Waals surface area contributed by atoms with Gasteiger partial charge in [0.2, 0.25) is 11.8 Å². The van der Waals surface area contributed by atoms with Crippen LogP contribution < -0.4 is 4.90 Å². The minimum atomic E-state index is -0.0833. The molecule has 102 valence electrons. The van der Waals surface area contributed by atoms with E-state index in [9.17, 15) is 9.59 Å². The second kappa shape index (κ2) is 4.98. The summed E-state index contributed by atoms with van der Waals surface area (Å²) in [5.74, 6) is -0.167. The molecule has 0 unspecified atom stereocenters. The van der Waals surface area contributed by atoms with Crippen molar-refractivity contribution >= 4 is 44.2 Å². The number of carbonyl (C=O) groups is 2. The summed E-state index contributed by atoms with van der Waals surface area (Å²) in [5, 5.41) is 0.493. The maximum absolute atomic E-state index is 12.3. The van der Waals surface area contributed by atoms with Crippen molar-refractivity contribution in [2.45, 2.75) is 44.9 Å². The molecule has 6 heteroatoms. The molecule has 0 atom stereocenters. The Morgan fingerprint density at radius 1 is 1.16 bits per heavy atom. The number of rotatable bonds is 1. The SMILES string of the molecule is O=C1CC2(CCCCC2)CC(=O)N1c1ncc(Br)s1. The van der Waals surface area contributed by atoms with Gasteiger partial charge < -0.3 is 0 Å². The van der Waals surface area contributed by atoms with Gasteiger partial charge in [-0.15, -0.1) is 0 Å². The van der Waals surface area contributed by atoms with Crippen molar-refractivity contribution in [1.29, 1.82) is 0 Å². The van der Waals surface area contributed by atoms with Gasteiger partial charge in [0, 0.05) is 12.8 Å². The molecule has 0 aromatic carbocycles. The zero-order chi connectivity index (χ0) is 13.5. The number of piperidine rings is 1. The Morgan fingerprint density at radius 3 is 2.32 bits per heavy atom. The molecule has 1 saturated carbocycles. The summed E-state index contributed by atoms with van der Waals surface area (Å²) in [7, 11) is 0. The molecule has 1 aromatic heterocycles. The molecule has 3 rings (SSSR count). The molecule has 0 radical (unpaired) electrons. The summed E-state index contributed by atoms with van der Waals surface area (Å²) in [6.45, 7) is 0. The maximum Gasteiger partial charge on any atom is 0.236 e. The molecule has 4 nitrogen and oxygen atoms in total. The Balaban J connectivity index is 1.83. The minimum Gasteiger partial charge on any atom is -0.274 e. The normalized spacial score (nSPS) is 23.1. The standard InChI is InChI=1S/C13H15BrN2O2S/c14-9-8-15-12(19-9)16-10(17)6-13(7-11(16)18)4-2-1-3-5-13/h8H,1-7H2. The lowest BCUT2D eigenvalue weighted by Crippen LogP contribution is -2.48. The highest BCUT2D eigenvalue weighted by Crippen LogP contribution is 2.46. The first-order valence-electron chi connectivity index (χ1n) is 6.57. The van der Waals surface area contributed by atoms with Crippen LogP contribution in [0.3, 0.4) is 0 Å². The van der Waals surface area contributed by atoms with Crippen LogP contribution in [0.25, 0.3) is 0 Å². The van der Waals surface area contributed by atoms with Crippen LogP contribution in [0.4, 0.5) is 5.13 Å². The molecule has 2 amide bonds. The second-order valence-electron chi connectivity index (χ2n) is 5.48. The molecular weight excluding hydrogens is 328 g/mol. The Morgan fingerprint density at radius 2 is 1.79 bits per heavy atom. The van der Waals surface area contributed by atoms with Gasteiger partial charge in [0.25, 0.3) is 0 Å². The third kappa shape index (κ3) is 2.48. The van der Waals surface area contributed by atoms with Crippen molar-refractivity contribution in [2.24, 2.45) is 5.41 Å². The molecule has 0 N–H and O–H groups in total. The lowest BCUT2D eigenvalue weighted by molar-refractivity contribution is -0.134. The van der Waals surface area contributed by atoms with Crippen LogP contribution in [0, 0.1) is 5.41 Å². The van der Waals surface area contributed by atoms with Gasteiger partial charge in [0.15, 0.2) is 5.13 Å². The van der Waals surface area contributed by atoms with E-state index in [1.54, 1.807) is 6.20 Å². The fourth-order valence-electron chi connectivity index (χ4n) is 3.22. The number of halogens is 1. The fraction of sp³-hybridized carbons (Fsp3) is 0.615. The second-order valence-corrected chi connectivity index (χ2v) is 7.87. The number of nitrogens with zero attached hydrogens (tertiary/aromatic N) is 2. The van der Waals surface area contributed by atoms with Crippen molar-refractivity contribution in [1.82, 2.24) is 4.98 Å². The van der Waals surface area contributed by atoms with E-state index in [0.717, 1.165) is 29.5 Å². The molecule has 1 aliphatic carbocycles. The average molecular weight is 343 g/mol. The molecule has 1 spiro atoms. The largest absolute Gasteiger partial charge is 0.274 e. The van der Waals surface area contributed by atoms with Crippen LogP contribution in [0.5, 0.6) is 0 Å². The van der Waals surface area contributed by atoms with Crippen LogP contribution in [0.1, 0.15) is 44.9 Å². The van der Waals surface area contributed by atoms with Crippen LogP contribution in [-0.4, -0.2) is 16.8 Å². The van der Waals surface area contributed by atoms with E-state index in [4.69, 9.17) is 0 Å². The molecule has 2 fully saturated rings. The van der Waals surface area contributed by atoms with Gasteiger partial charge in [0.05, 0.1) is 9.98 Å². The van der Waals surface area contributed by atoms with Crippen LogP contribution in [0.2, 0.25) is 0 Å². The summed E-state index contributed by atoms with van der Waals surface area (Å²) in [4.78, 5) is 30.1. The Hall–Kier alpha value is -0.750. The highest BCUT2D eigenvalue weighted by Gasteiger charge is 2.45. The Labute approximate surface area is 124 Å². The zero-order valence-corrected chi connectivity index (χ0v) is 12.9. The fourth-order valence-corrected chi connectivity index (χ4v) is 4.44. The van der Waals surface area contributed by atoms with Crippen LogP contribution in [-0.2, 0) is 9.59 Å². The van der Waals surface area contributed by atoms with E-state index in [-0.39, 0.29) is 17.2 Å². The highest BCUT2D eigenvalue weighted by molar-refractivity contribution is 9.11. The first-order chi connectivity index (χ1) is 9.10. The quantitative estimate of drug-likeness (QED) is 0.733. The topological polar surface area (TPSA) is 50.3 Å². The molecule has 19 heavy (non-hydrogen) atoms. The lowest BCUT2D eigenvalue weighted by atomic mass is 9.68. The van der Waals surface area contributed by atoms with Crippen LogP contribution >= 0.6 is 27.3 Å².